The van der Waals surface area contributed by atoms with Crippen LogP contribution >= 0.6 is 11.6 Å². The summed E-state index contributed by atoms with van der Waals surface area (Å²) in [5.74, 6) is 0. The molecule has 2 nitrogen and oxygen atoms in total. The van der Waals surface area contributed by atoms with Crippen LogP contribution in [0, 0.1) is 0 Å². The molecule has 1 aliphatic carbocycles. The van der Waals surface area contributed by atoms with Gasteiger partial charge in [0.25, 0.3) is 0 Å². The zero-order valence-corrected chi connectivity index (χ0v) is 14.2. The summed E-state index contributed by atoms with van der Waals surface area (Å²) in [5, 5.41) is 0.775. The third kappa shape index (κ3) is 4.04. The summed E-state index contributed by atoms with van der Waals surface area (Å²) in [4.78, 5) is 4.36. The van der Waals surface area contributed by atoms with Crippen molar-refractivity contribution >= 4 is 11.6 Å². The van der Waals surface area contributed by atoms with Crippen LogP contribution in [-0.4, -0.2) is 29.9 Å². The third-order valence-corrected chi connectivity index (χ3v) is 4.30. The van der Waals surface area contributed by atoms with E-state index in [1.165, 1.54) is 16.7 Å². The summed E-state index contributed by atoms with van der Waals surface area (Å²) in [5.41, 5.74) is 3.73. The van der Waals surface area contributed by atoms with Gasteiger partial charge in [0.05, 0.1) is 0 Å². The minimum atomic E-state index is 0.386. The topological polar surface area (TPSA) is 6.48 Å². The van der Waals surface area contributed by atoms with Crippen molar-refractivity contribution in [3.05, 3.63) is 94.9 Å². The van der Waals surface area contributed by atoms with E-state index in [4.69, 9.17) is 11.6 Å². The Labute approximate surface area is 143 Å². The van der Waals surface area contributed by atoms with E-state index >= 15 is 0 Å². The molecule has 1 aromatic carbocycles. The number of rotatable bonds is 3. The smallest absolute Gasteiger partial charge is 0.0470 e. The number of nitrogens with zero attached hydrogens (tertiary/aromatic N) is 2. The zero-order valence-electron chi connectivity index (χ0n) is 13.5. The van der Waals surface area contributed by atoms with Crippen LogP contribution in [0.4, 0.5) is 0 Å². The minimum Gasteiger partial charge on any atom is -0.350 e. The largest absolute Gasteiger partial charge is 0.350 e. The molecule has 0 bridgehead atoms. The van der Waals surface area contributed by atoms with E-state index in [2.05, 4.69) is 84.9 Å². The van der Waals surface area contributed by atoms with Gasteiger partial charge >= 0.3 is 0 Å². The van der Waals surface area contributed by atoms with Crippen LogP contribution in [0.5, 0.6) is 0 Å². The van der Waals surface area contributed by atoms with Crippen molar-refractivity contribution in [3.8, 4) is 0 Å². The molecule has 0 fully saturated rings. The van der Waals surface area contributed by atoms with Gasteiger partial charge in [0.2, 0.25) is 0 Å². The van der Waals surface area contributed by atoms with E-state index in [-0.39, 0.29) is 0 Å². The van der Waals surface area contributed by atoms with E-state index in [0.717, 1.165) is 11.6 Å². The Bertz CT molecular complexity index is 674. The summed E-state index contributed by atoms with van der Waals surface area (Å²) in [6, 6.07) is 8.37. The van der Waals surface area contributed by atoms with Gasteiger partial charge in [-0.2, -0.15) is 0 Å². The summed E-state index contributed by atoms with van der Waals surface area (Å²) in [6.45, 7) is 0.848. The fourth-order valence-electron chi connectivity index (χ4n) is 2.62. The number of hydrogen-bond donors (Lipinski definition) is 0. The van der Waals surface area contributed by atoms with Gasteiger partial charge in [-0.05, 0) is 55.1 Å². The molecule has 0 saturated heterocycles. The first-order valence-corrected chi connectivity index (χ1v) is 8.13. The molecule has 0 aromatic heterocycles. The van der Waals surface area contributed by atoms with Gasteiger partial charge in [-0.1, -0.05) is 48.0 Å². The molecule has 3 rings (SSSR count). The molecular formula is C20H21ClN2. The van der Waals surface area contributed by atoms with Gasteiger partial charge in [0.1, 0.15) is 0 Å². The highest BCUT2D eigenvalue weighted by Crippen LogP contribution is 2.21. The fourth-order valence-corrected chi connectivity index (χ4v) is 2.74. The molecule has 0 saturated carbocycles. The van der Waals surface area contributed by atoms with Crippen molar-refractivity contribution in [1.82, 2.24) is 9.80 Å². The van der Waals surface area contributed by atoms with Crippen LogP contribution in [0.1, 0.15) is 5.56 Å². The van der Waals surface area contributed by atoms with Crippen molar-refractivity contribution in [2.24, 2.45) is 0 Å². The highest BCUT2D eigenvalue weighted by atomic mass is 35.5. The molecule has 3 heteroatoms. The number of likely N-dealkylation sites (N-methyl/N-ethyl adjacent to an activating group) is 1. The lowest BCUT2D eigenvalue weighted by molar-refractivity contribution is 0.390. The predicted octanol–water partition coefficient (Wildman–Crippen LogP) is 4.54. The lowest BCUT2D eigenvalue weighted by atomic mass is 9.99. The Balaban J connectivity index is 1.66. The molecule has 1 aliphatic heterocycles. The van der Waals surface area contributed by atoms with E-state index in [1.807, 2.05) is 12.1 Å². The molecule has 0 unspecified atom stereocenters. The van der Waals surface area contributed by atoms with Gasteiger partial charge in [0.15, 0.2) is 0 Å². The van der Waals surface area contributed by atoms with Gasteiger partial charge in [-0.15, -0.1) is 0 Å². The number of halogens is 1. The first-order valence-electron chi connectivity index (χ1n) is 7.75. The predicted molar refractivity (Wildman–Crippen MR) is 98.1 cm³/mol. The second-order valence-electron chi connectivity index (χ2n) is 6.01. The monoisotopic (exact) mass is 324 g/mol. The maximum Gasteiger partial charge on any atom is 0.0470 e. The molecule has 0 atom stereocenters. The molecule has 0 amide bonds. The normalized spacial score (nSPS) is 20.0. The van der Waals surface area contributed by atoms with Gasteiger partial charge in [0, 0.05) is 30.0 Å². The van der Waals surface area contributed by atoms with E-state index in [0.29, 0.717) is 6.04 Å². The Morgan fingerprint density at radius 3 is 2.04 bits per heavy atom. The first kappa shape index (κ1) is 15.9. The molecule has 1 aromatic rings. The minimum absolute atomic E-state index is 0.386. The third-order valence-electron chi connectivity index (χ3n) is 4.05. The van der Waals surface area contributed by atoms with Crippen molar-refractivity contribution < 1.29 is 0 Å². The Kier molecular flexibility index (Phi) is 4.85. The summed E-state index contributed by atoms with van der Waals surface area (Å²) >= 11 is 5.93. The van der Waals surface area contributed by atoms with Crippen molar-refractivity contribution in [1.29, 1.82) is 0 Å². The molecule has 23 heavy (non-hydrogen) atoms. The van der Waals surface area contributed by atoms with Crippen LogP contribution in [-0.2, 0) is 6.54 Å². The van der Waals surface area contributed by atoms with Gasteiger partial charge < -0.3 is 4.90 Å². The molecule has 0 N–H and O–H groups in total. The Morgan fingerprint density at radius 1 is 0.913 bits per heavy atom. The van der Waals surface area contributed by atoms with Crippen molar-refractivity contribution in [3.63, 3.8) is 0 Å². The summed E-state index contributed by atoms with van der Waals surface area (Å²) < 4.78 is 0. The standard InChI is InChI=1S/C20H21ClN2/c1-22(2)20-9-5-17(6-10-20)18-11-13-23(14-12-18)15-16-3-7-19(21)8-4-16/h3-14,20H,15H2,1-2H3. The maximum atomic E-state index is 5.93. The lowest BCUT2D eigenvalue weighted by Gasteiger charge is -2.22. The quantitative estimate of drug-likeness (QED) is 0.805. The van der Waals surface area contributed by atoms with E-state index in [9.17, 15) is 0 Å². The first-order chi connectivity index (χ1) is 11.1. The maximum absolute atomic E-state index is 5.93. The highest BCUT2D eigenvalue weighted by Gasteiger charge is 2.10. The average Bonchev–Trinajstić information content (AvgIpc) is 2.58. The van der Waals surface area contributed by atoms with Crippen LogP contribution < -0.4 is 0 Å². The fraction of sp³-hybridized carbons (Fsp3) is 0.200. The zero-order chi connectivity index (χ0) is 16.2. The molecule has 118 valence electrons. The van der Waals surface area contributed by atoms with E-state index in [1.54, 1.807) is 0 Å². The van der Waals surface area contributed by atoms with Gasteiger partial charge in [-0.3, -0.25) is 4.90 Å². The summed E-state index contributed by atoms with van der Waals surface area (Å²) in [6.07, 6.45) is 17.4. The molecule has 1 heterocycles. The molecule has 0 spiro atoms. The number of benzene rings is 1. The summed E-state index contributed by atoms with van der Waals surface area (Å²) in [7, 11) is 4.18. The average molecular weight is 325 g/mol. The Hall–Kier alpha value is -2.03. The van der Waals surface area contributed by atoms with Gasteiger partial charge in [-0.25, -0.2) is 0 Å². The number of allylic oxidation sites excluding steroid dienone is 6. The molecular weight excluding hydrogens is 304 g/mol. The van der Waals surface area contributed by atoms with Crippen LogP contribution in [0.15, 0.2) is 84.3 Å². The molecule has 2 aliphatic rings. The SMILES string of the molecule is CN(C)C1C=CC(=C2C=CN(Cc3ccc(Cl)cc3)C=C2)C=C1. The van der Waals surface area contributed by atoms with Crippen molar-refractivity contribution in [2.75, 3.05) is 14.1 Å². The second-order valence-corrected chi connectivity index (χ2v) is 6.45. The second kappa shape index (κ2) is 7.03. The van der Waals surface area contributed by atoms with E-state index < -0.39 is 0 Å². The highest BCUT2D eigenvalue weighted by molar-refractivity contribution is 6.30. The van der Waals surface area contributed by atoms with Crippen LogP contribution in [0.3, 0.4) is 0 Å². The van der Waals surface area contributed by atoms with Crippen LogP contribution in [0.25, 0.3) is 0 Å². The molecule has 0 radical (unpaired) electrons. The van der Waals surface area contributed by atoms with Crippen LogP contribution in [0.2, 0.25) is 5.02 Å². The van der Waals surface area contributed by atoms with Crippen molar-refractivity contribution in [2.45, 2.75) is 12.6 Å². The lowest BCUT2D eigenvalue weighted by Crippen LogP contribution is -2.24. The number of hydrogen-bond acceptors (Lipinski definition) is 2. The Morgan fingerprint density at radius 2 is 1.48 bits per heavy atom.